The number of esters is 2. The first kappa shape index (κ1) is 9.98. The predicted octanol–water partition coefficient (Wildman–Crippen LogP) is -0.528. The summed E-state index contributed by atoms with van der Waals surface area (Å²) in [7, 11) is 1.20. The van der Waals surface area contributed by atoms with Crippen molar-refractivity contribution in [3.05, 3.63) is 0 Å². The standard InChI is InChI=1S/C8H12O5/c1-8(2)4(6(10)12-3)5(9)7(11)13-8/h4-5,9H,1-3H3/t4?,5-/m0/s1. The smallest absolute Gasteiger partial charge is 0.336 e. The molecule has 1 heterocycles. The topological polar surface area (TPSA) is 72.8 Å². The van der Waals surface area contributed by atoms with Gasteiger partial charge in [-0.15, -0.1) is 0 Å². The summed E-state index contributed by atoms with van der Waals surface area (Å²) >= 11 is 0. The molecule has 1 fully saturated rings. The van der Waals surface area contributed by atoms with Gasteiger partial charge in [0.25, 0.3) is 0 Å². The van der Waals surface area contributed by atoms with Crippen molar-refractivity contribution in [2.24, 2.45) is 5.92 Å². The van der Waals surface area contributed by atoms with Crippen LogP contribution >= 0.6 is 0 Å². The van der Waals surface area contributed by atoms with E-state index in [0.717, 1.165) is 0 Å². The minimum absolute atomic E-state index is 0.636. The summed E-state index contributed by atoms with van der Waals surface area (Å²) in [5.41, 5.74) is -0.996. The van der Waals surface area contributed by atoms with E-state index in [1.807, 2.05) is 0 Å². The summed E-state index contributed by atoms with van der Waals surface area (Å²) in [6, 6.07) is 0. The van der Waals surface area contributed by atoms with Gasteiger partial charge in [0.2, 0.25) is 0 Å². The maximum Gasteiger partial charge on any atom is 0.336 e. The van der Waals surface area contributed by atoms with E-state index in [-0.39, 0.29) is 0 Å². The van der Waals surface area contributed by atoms with Gasteiger partial charge in [-0.3, -0.25) is 4.79 Å². The quantitative estimate of drug-likeness (QED) is 0.560. The van der Waals surface area contributed by atoms with Crippen molar-refractivity contribution in [2.45, 2.75) is 25.6 Å². The van der Waals surface area contributed by atoms with Crippen LogP contribution in [0.25, 0.3) is 0 Å². The molecule has 0 aromatic rings. The second-order valence-electron chi connectivity index (χ2n) is 3.47. The molecule has 1 aliphatic heterocycles. The highest BCUT2D eigenvalue weighted by Crippen LogP contribution is 2.33. The Kier molecular flexibility index (Phi) is 2.30. The molecule has 2 atom stereocenters. The van der Waals surface area contributed by atoms with Gasteiger partial charge in [-0.2, -0.15) is 0 Å². The number of rotatable bonds is 1. The lowest BCUT2D eigenvalue weighted by atomic mass is 9.89. The van der Waals surface area contributed by atoms with Crippen LogP contribution in [-0.2, 0) is 19.1 Å². The van der Waals surface area contributed by atoms with Gasteiger partial charge in [0.15, 0.2) is 6.10 Å². The zero-order chi connectivity index (χ0) is 10.2. The first-order chi connectivity index (χ1) is 5.90. The second kappa shape index (κ2) is 2.99. The molecule has 0 saturated carbocycles. The normalized spacial score (nSPS) is 31.2. The Morgan fingerprint density at radius 3 is 2.46 bits per heavy atom. The second-order valence-corrected chi connectivity index (χ2v) is 3.47. The number of ether oxygens (including phenoxy) is 2. The summed E-state index contributed by atoms with van der Waals surface area (Å²) in [5, 5.41) is 9.32. The van der Waals surface area contributed by atoms with Crippen molar-refractivity contribution < 1.29 is 24.2 Å². The van der Waals surface area contributed by atoms with Crippen molar-refractivity contribution in [3.63, 3.8) is 0 Å². The van der Waals surface area contributed by atoms with Gasteiger partial charge < -0.3 is 14.6 Å². The molecule has 0 amide bonds. The van der Waals surface area contributed by atoms with Gasteiger partial charge in [0.1, 0.15) is 11.5 Å². The number of aliphatic hydroxyl groups excluding tert-OH is 1. The van der Waals surface area contributed by atoms with Gasteiger partial charge >= 0.3 is 11.9 Å². The lowest BCUT2D eigenvalue weighted by Gasteiger charge is -2.22. The van der Waals surface area contributed by atoms with Crippen LogP contribution in [0.1, 0.15) is 13.8 Å². The van der Waals surface area contributed by atoms with E-state index in [0.29, 0.717) is 0 Å². The van der Waals surface area contributed by atoms with Crippen LogP contribution in [0.15, 0.2) is 0 Å². The predicted molar refractivity (Wildman–Crippen MR) is 41.7 cm³/mol. The summed E-state index contributed by atoms with van der Waals surface area (Å²) in [4.78, 5) is 22.1. The molecule has 5 nitrogen and oxygen atoms in total. The van der Waals surface area contributed by atoms with Crippen molar-refractivity contribution in [1.29, 1.82) is 0 Å². The van der Waals surface area contributed by atoms with E-state index in [1.54, 1.807) is 13.8 Å². The number of carbonyl (C=O) groups is 2. The Morgan fingerprint density at radius 2 is 2.15 bits per heavy atom. The van der Waals surface area contributed by atoms with Crippen LogP contribution in [0, 0.1) is 5.92 Å². The Bertz CT molecular complexity index is 245. The average Bonchev–Trinajstić information content (AvgIpc) is 2.21. The molecule has 0 bridgehead atoms. The fourth-order valence-corrected chi connectivity index (χ4v) is 1.44. The molecule has 1 aliphatic rings. The van der Waals surface area contributed by atoms with Gasteiger partial charge in [-0.25, -0.2) is 4.79 Å². The van der Waals surface area contributed by atoms with Crippen LogP contribution in [0.5, 0.6) is 0 Å². The Morgan fingerprint density at radius 1 is 1.62 bits per heavy atom. The molecule has 1 rings (SSSR count). The summed E-state index contributed by atoms with van der Waals surface area (Å²) in [6.07, 6.45) is -1.41. The molecule has 0 aromatic carbocycles. The lowest BCUT2D eigenvalue weighted by Crippen LogP contribution is -2.39. The highest BCUT2D eigenvalue weighted by atomic mass is 16.6. The summed E-state index contributed by atoms with van der Waals surface area (Å²) in [6.45, 7) is 3.12. The fraction of sp³-hybridized carbons (Fsp3) is 0.750. The van der Waals surface area contributed by atoms with E-state index in [9.17, 15) is 14.7 Å². The third-order valence-corrected chi connectivity index (χ3v) is 2.12. The number of hydrogen-bond acceptors (Lipinski definition) is 5. The number of hydrogen-bond donors (Lipinski definition) is 1. The Labute approximate surface area is 75.6 Å². The van der Waals surface area contributed by atoms with Crippen LogP contribution < -0.4 is 0 Å². The third-order valence-electron chi connectivity index (χ3n) is 2.12. The molecule has 74 valence electrons. The monoisotopic (exact) mass is 188 g/mol. The lowest BCUT2D eigenvalue weighted by molar-refractivity contribution is -0.153. The van der Waals surface area contributed by atoms with Crippen molar-refractivity contribution in [3.8, 4) is 0 Å². The van der Waals surface area contributed by atoms with Crippen LogP contribution in [0.4, 0.5) is 0 Å². The zero-order valence-corrected chi connectivity index (χ0v) is 7.73. The first-order valence-corrected chi connectivity index (χ1v) is 3.89. The number of carbonyl (C=O) groups excluding carboxylic acids is 2. The van der Waals surface area contributed by atoms with E-state index in [4.69, 9.17) is 4.74 Å². The Balaban J connectivity index is 2.93. The third kappa shape index (κ3) is 1.51. The molecule has 1 N–H and O–H groups in total. The van der Waals surface area contributed by atoms with Gasteiger partial charge in [0.05, 0.1) is 7.11 Å². The molecule has 0 spiro atoms. The van der Waals surface area contributed by atoms with E-state index in [1.165, 1.54) is 7.11 Å². The zero-order valence-electron chi connectivity index (χ0n) is 7.73. The van der Waals surface area contributed by atoms with Crippen LogP contribution in [0.2, 0.25) is 0 Å². The molecule has 0 radical (unpaired) electrons. The average molecular weight is 188 g/mol. The SMILES string of the molecule is COC(=O)C1[C@H](O)C(=O)OC1(C)C. The minimum Gasteiger partial charge on any atom is -0.469 e. The largest absolute Gasteiger partial charge is 0.469 e. The first-order valence-electron chi connectivity index (χ1n) is 3.89. The molecule has 0 aromatic heterocycles. The minimum atomic E-state index is -1.41. The maximum absolute atomic E-state index is 11.2. The van der Waals surface area contributed by atoms with Gasteiger partial charge in [0, 0.05) is 0 Å². The molecular weight excluding hydrogens is 176 g/mol. The summed E-state index contributed by atoms with van der Waals surface area (Å²) < 4.78 is 9.26. The van der Waals surface area contributed by atoms with Gasteiger partial charge in [-0.05, 0) is 13.8 Å². The van der Waals surface area contributed by atoms with Crippen LogP contribution in [-0.4, -0.2) is 35.9 Å². The van der Waals surface area contributed by atoms with E-state index < -0.39 is 29.6 Å². The fourth-order valence-electron chi connectivity index (χ4n) is 1.44. The van der Waals surface area contributed by atoms with Crippen molar-refractivity contribution in [1.82, 2.24) is 0 Å². The Hall–Kier alpha value is -1.10. The molecule has 5 heteroatoms. The molecule has 1 unspecified atom stereocenters. The molecule has 13 heavy (non-hydrogen) atoms. The molecular formula is C8H12O5. The van der Waals surface area contributed by atoms with E-state index >= 15 is 0 Å². The van der Waals surface area contributed by atoms with Crippen molar-refractivity contribution in [2.75, 3.05) is 7.11 Å². The summed E-state index contributed by atoms with van der Waals surface area (Å²) in [5.74, 6) is -2.35. The molecule has 0 aliphatic carbocycles. The van der Waals surface area contributed by atoms with Crippen molar-refractivity contribution >= 4 is 11.9 Å². The highest BCUT2D eigenvalue weighted by molar-refractivity contribution is 5.88. The highest BCUT2D eigenvalue weighted by Gasteiger charge is 2.54. The number of aliphatic hydroxyl groups is 1. The van der Waals surface area contributed by atoms with Gasteiger partial charge in [-0.1, -0.05) is 0 Å². The number of methoxy groups -OCH3 is 1. The van der Waals surface area contributed by atoms with Crippen LogP contribution in [0.3, 0.4) is 0 Å². The maximum atomic E-state index is 11.2. The molecule has 1 saturated heterocycles. The van der Waals surface area contributed by atoms with E-state index in [2.05, 4.69) is 4.74 Å². The number of cyclic esters (lactones) is 1.